The number of aromatic nitrogens is 2. The summed E-state index contributed by atoms with van der Waals surface area (Å²) in [6.07, 6.45) is -1.85. The third-order valence-electron chi connectivity index (χ3n) is 5.82. The number of carbonyl (C=O) groups excluding carboxylic acids is 1. The number of nitrogens with zero attached hydrogens (tertiary/aromatic N) is 2. The Morgan fingerprint density at radius 1 is 1.12 bits per heavy atom. The van der Waals surface area contributed by atoms with E-state index in [-0.39, 0.29) is 19.1 Å². The average Bonchev–Trinajstić information content (AvgIpc) is 3.19. The maximum atomic E-state index is 13.3. The Morgan fingerprint density at radius 3 is 2.56 bits per heavy atom. The number of aryl methyl sites for hydroxylation is 1. The summed E-state index contributed by atoms with van der Waals surface area (Å²) in [5.74, 6) is 0.786. The van der Waals surface area contributed by atoms with Crippen LogP contribution < -0.4 is 14.8 Å². The summed E-state index contributed by atoms with van der Waals surface area (Å²) >= 11 is 0. The number of carbonyl (C=O) groups is 1. The Bertz CT molecular complexity index is 1170. The lowest BCUT2D eigenvalue weighted by Crippen LogP contribution is -2.15. The van der Waals surface area contributed by atoms with Crippen molar-refractivity contribution in [2.75, 3.05) is 19.0 Å². The molecule has 180 valence electrons. The van der Waals surface area contributed by atoms with Crippen molar-refractivity contribution in [3.05, 3.63) is 70.5 Å². The van der Waals surface area contributed by atoms with E-state index in [1.165, 1.54) is 11.8 Å². The number of rotatable bonds is 7. The van der Waals surface area contributed by atoms with Gasteiger partial charge in [-0.05, 0) is 74.6 Å². The highest BCUT2D eigenvalue weighted by Gasteiger charge is 2.39. The van der Waals surface area contributed by atoms with Crippen molar-refractivity contribution in [3.8, 4) is 11.5 Å². The molecule has 1 amide bonds. The van der Waals surface area contributed by atoms with Crippen LogP contribution in [0, 0.1) is 6.92 Å². The molecule has 6 nitrogen and oxygen atoms in total. The van der Waals surface area contributed by atoms with Crippen molar-refractivity contribution in [1.29, 1.82) is 0 Å². The predicted molar refractivity (Wildman–Crippen MR) is 121 cm³/mol. The Kier molecular flexibility index (Phi) is 6.81. The van der Waals surface area contributed by atoms with Crippen LogP contribution >= 0.6 is 0 Å². The molecule has 9 heteroatoms. The minimum atomic E-state index is -4.45. The highest BCUT2D eigenvalue weighted by Crippen LogP contribution is 2.35. The molecule has 1 aromatic heterocycles. The van der Waals surface area contributed by atoms with Crippen LogP contribution in [0.1, 0.15) is 45.7 Å². The van der Waals surface area contributed by atoms with E-state index in [4.69, 9.17) is 9.47 Å². The standard InChI is InChI=1S/C25H26F3N3O3/c1-16-7-12-22(33-2)20(15-16)29-24(32)17-8-10-18(11-9-17)34-14-13-31-21-6-4-3-5-19(21)23(30-31)25(26,27)28/h7-12,15H,3-6,13-14H2,1-2H3,(H,29,32). The molecule has 3 aromatic rings. The second-order valence-electron chi connectivity index (χ2n) is 8.23. The van der Waals surface area contributed by atoms with Gasteiger partial charge in [0.05, 0.1) is 19.3 Å². The van der Waals surface area contributed by atoms with Crippen molar-refractivity contribution in [3.63, 3.8) is 0 Å². The fraction of sp³-hybridized carbons (Fsp3) is 0.360. The Labute approximate surface area is 195 Å². The number of anilines is 1. The monoisotopic (exact) mass is 473 g/mol. The highest BCUT2D eigenvalue weighted by atomic mass is 19.4. The summed E-state index contributed by atoms with van der Waals surface area (Å²) in [6, 6.07) is 12.1. The van der Waals surface area contributed by atoms with E-state index in [0.29, 0.717) is 46.8 Å². The van der Waals surface area contributed by atoms with Gasteiger partial charge in [0, 0.05) is 16.8 Å². The molecule has 0 saturated heterocycles. The molecule has 0 saturated carbocycles. The molecule has 1 aliphatic rings. The molecule has 0 bridgehead atoms. The molecule has 0 spiro atoms. The van der Waals surface area contributed by atoms with Crippen LogP contribution in [0.3, 0.4) is 0 Å². The number of ether oxygens (including phenoxy) is 2. The van der Waals surface area contributed by atoms with E-state index >= 15 is 0 Å². The zero-order valence-electron chi connectivity index (χ0n) is 19.0. The number of nitrogens with one attached hydrogen (secondary N) is 1. The van der Waals surface area contributed by atoms with E-state index in [1.807, 2.05) is 19.1 Å². The number of halogens is 3. The van der Waals surface area contributed by atoms with Gasteiger partial charge in [-0.3, -0.25) is 9.48 Å². The van der Waals surface area contributed by atoms with Gasteiger partial charge in [-0.2, -0.15) is 18.3 Å². The molecule has 1 aliphatic carbocycles. The molecule has 0 unspecified atom stereocenters. The van der Waals surface area contributed by atoms with E-state index in [1.54, 1.807) is 30.3 Å². The molecule has 34 heavy (non-hydrogen) atoms. The second-order valence-corrected chi connectivity index (χ2v) is 8.23. The summed E-state index contributed by atoms with van der Waals surface area (Å²) in [5, 5.41) is 6.68. The molecule has 1 heterocycles. The zero-order valence-corrected chi connectivity index (χ0v) is 19.0. The summed E-state index contributed by atoms with van der Waals surface area (Å²) in [4.78, 5) is 12.6. The number of fused-ring (bicyclic) bond motifs is 1. The summed E-state index contributed by atoms with van der Waals surface area (Å²) < 4.78 is 52.4. The maximum Gasteiger partial charge on any atom is 0.435 e. The summed E-state index contributed by atoms with van der Waals surface area (Å²) in [7, 11) is 1.54. The van der Waals surface area contributed by atoms with E-state index in [0.717, 1.165) is 18.4 Å². The van der Waals surface area contributed by atoms with Crippen LogP contribution in [-0.4, -0.2) is 29.4 Å². The second kappa shape index (κ2) is 9.79. The lowest BCUT2D eigenvalue weighted by molar-refractivity contribution is -0.142. The van der Waals surface area contributed by atoms with Gasteiger partial charge < -0.3 is 14.8 Å². The van der Waals surface area contributed by atoms with Crippen LogP contribution in [0.25, 0.3) is 0 Å². The Balaban J connectivity index is 1.37. The van der Waals surface area contributed by atoms with Crippen molar-refractivity contribution in [1.82, 2.24) is 9.78 Å². The van der Waals surface area contributed by atoms with Crippen molar-refractivity contribution < 1.29 is 27.4 Å². The maximum absolute atomic E-state index is 13.3. The van der Waals surface area contributed by atoms with Gasteiger partial charge in [-0.1, -0.05) is 6.07 Å². The molecule has 0 radical (unpaired) electrons. The van der Waals surface area contributed by atoms with Crippen LogP contribution in [0.2, 0.25) is 0 Å². The van der Waals surface area contributed by atoms with Gasteiger partial charge in [0.15, 0.2) is 5.69 Å². The molecule has 0 aliphatic heterocycles. The molecule has 4 rings (SSSR count). The van der Waals surface area contributed by atoms with Crippen molar-refractivity contribution in [2.24, 2.45) is 0 Å². The van der Waals surface area contributed by atoms with Crippen molar-refractivity contribution >= 4 is 11.6 Å². The molecular weight excluding hydrogens is 447 g/mol. The number of benzene rings is 2. The SMILES string of the molecule is COc1ccc(C)cc1NC(=O)c1ccc(OCCn2nc(C(F)(F)F)c3c2CCCC3)cc1. The van der Waals surface area contributed by atoms with Gasteiger partial charge in [0.25, 0.3) is 5.91 Å². The lowest BCUT2D eigenvalue weighted by atomic mass is 9.95. The fourth-order valence-electron chi connectivity index (χ4n) is 4.15. The Morgan fingerprint density at radius 2 is 1.85 bits per heavy atom. The quantitative estimate of drug-likeness (QED) is 0.497. The number of hydrogen-bond donors (Lipinski definition) is 1. The van der Waals surface area contributed by atoms with Crippen LogP contribution in [0.15, 0.2) is 42.5 Å². The topological polar surface area (TPSA) is 65.4 Å². The summed E-state index contributed by atoms with van der Waals surface area (Å²) in [5.41, 5.74) is 2.20. The first-order valence-electron chi connectivity index (χ1n) is 11.1. The molecule has 0 atom stereocenters. The number of amides is 1. The third-order valence-corrected chi connectivity index (χ3v) is 5.82. The third kappa shape index (κ3) is 5.18. The first kappa shape index (κ1) is 23.7. The Hall–Kier alpha value is -3.49. The first-order chi connectivity index (χ1) is 16.3. The van der Waals surface area contributed by atoms with Crippen LogP contribution in [0.4, 0.5) is 18.9 Å². The number of hydrogen-bond acceptors (Lipinski definition) is 4. The normalized spacial score (nSPS) is 13.3. The van der Waals surface area contributed by atoms with Gasteiger partial charge in [0.1, 0.15) is 18.1 Å². The van der Waals surface area contributed by atoms with Gasteiger partial charge in [0.2, 0.25) is 0 Å². The zero-order chi connectivity index (χ0) is 24.3. The highest BCUT2D eigenvalue weighted by molar-refractivity contribution is 6.05. The van der Waals surface area contributed by atoms with Crippen LogP contribution in [-0.2, 0) is 25.6 Å². The average molecular weight is 473 g/mol. The molecule has 2 aromatic carbocycles. The first-order valence-corrected chi connectivity index (χ1v) is 11.1. The van der Waals surface area contributed by atoms with E-state index < -0.39 is 11.9 Å². The van der Waals surface area contributed by atoms with E-state index in [9.17, 15) is 18.0 Å². The molecule has 0 fully saturated rings. The number of alkyl halides is 3. The van der Waals surface area contributed by atoms with Crippen LogP contribution in [0.5, 0.6) is 11.5 Å². The largest absolute Gasteiger partial charge is 0.495 e. The van der Waals surface area contributed by atoms with Gasteiger partial charge in [-0.15, -0.1) is 0 Å². The molecular formula is C25H26F3N3O3. The summed E-state index contributed by atoms with van der Waals surface area (Å²) in [6.45, 7) is 2.30. The number of methoxy groups -OCH3 is 1. The fourth-order valence-corrected chi connectivity index (χ4v) is 4.15. The van der Waals surface area contributed by atoms with Crippen molar-refractivity contribution in [2.45, 2.75) is 45.3 Å². The predicted octanol–water partition coefficient (Wildman–Crippen LogP) is 5.43. The minimum Gasteiger partial charge on any atom is -0.495 e. The van der Waals surface area contributed by atoms with Gasteiger partial charge >= 0.3 is 6.18 Å². The van der Waals surface area contributed by atoms with E-state index in [2.05, 4.69) is 10.4 Å². The lowest BCUT2D eigenvalue weighted by Gasteiger charge is -2.15. The van der Waals surface area contributed by atoms with Gasteiger partial charge in [-0.25, -0.2) is 0 Å². The smallest absolute Gasteiger partial charge is 0.435 e. The minimum absolute atomic E-state index is 0.164. The molecule has 1 N–H and O–H groups in total.